The second-order valence-corrected chi connectivity index (χ2v) is 7.52. The summed E-state index contributed by atoms with van der Waals surface area (Å²) in [6.07, 6.45) is 1.11. The van der Waals surface area contributed by atoms with Crippen LogP contribution in [0.2, 0.25) is 0 Å². The molecule has 27 heavy (non-hydrogen) atoms. The van der Waals surface area contributed by atoms with Crippen molar-refractivity contribution in [1.82, 2.24) is 10.2 Å². The normalized spacial score (nSPS) is 17.3. The summed E-state index contributed by atoms with van der Waals surface area (Å²) in [6.45, 7) is 5.48. The van der Waals surface area contributed by atoms with Crippen molar-refractivity contribution in [3.63, 3.8) is 0 Å². The van der Waals surface area contributed by atoms with Crippen LogP contribution in [0.5, 0.6) is 0 Å². The Bertz CT molecular complexity index is 624. The minimum absolute atomic E-state index is 0. The van der Waals surface area contributed by atoms with Crippen molar-refractivity contribution in [1.29, 1.82) is 0 Å². The summed E-state index contributed by atoms with van der Waals surface area (Å²) in [6, 6.07) is 9.24. The van der Waals surface area contributed by atoms with Gasteiger partial charge in [0.15, 0.2) is 0 Å². The zero-order valence-corrected chi connectivity index (χ0v) is 17.2. The molecular weight excluding hydrogens is 390 g/mol. The number of nitrogens with zero attached hydrogens (tertiary/aromatic N) is 2. The molecule has 0 aromatic heterocycles. The van der Waals surface area contributed by atoms with Gasteiger partial charge >= 0.3 is 5.97 Å². The van der Waals surface area contributed by atoms with Gasteiger partial charge in [-0.05, 0) is 38.4 Å². The number of halogens is 1. The van der Waals surface area contributed by atoms with Gasteiger partial charge in [-0.25, -0.2) is 4.79 Å². The maximum Gasteiger partial charge on any atom is 0.330 e. The first-order valence-electron chi connectivity index (χ1n) is 8.71. The molecular formula is C18H26ClN3O4S. The molecule has 1 N–H and O–H groups in total. The van der Waals surface area contributed by atoms with Gasteiger partial charge in [-0.3, -0.25) is 9.69 Å². The van der Waals surface area contributed by atoms with E-state index >= 15 is 0 Å². The lowest BCUT2D eigenvalue weighted by atomic mass is 9.87. The molecule has 1 aliphatic heterocycles. The first-order valence-corrected chi connectivity index (χ1v) is 9.49. The van der Waals surface area contributed by atoms with Crippen LogP contribution in [-0.2, 0) is 20.9 Å². The Hall–Kier alpha value is -1.64. The van der Waals surface area contributed by atoms with Crippen molar-refractivity contribution >= 4 is 36.2 Å². The second-order valence-electron chi connectivity index (χ2n) is 6.38. The van der Waals surface area contributed by atoms with E-state index in [9.17, 15) is 14.5 Å². The van der Waals surface area contributed by atoms with Gasteiger partial charge in [0.1, 0.15) is 6.04 Å². The first-order chi connectivity index (χ1) is 12.5. The minimum Gasteiger partial charge on any atom is -0.464 e. The molecule has 1 amide bonds. The smallest absolute Gasteiger partial charge is 0.330 e. The average Bonchev–Trinajstić information content (AvgIpc) is 2.62. The second kappa shape index (κ2) is 11.3. The van der Waals surface area contributed by atoms with E-state index in [0.29, 0.717) is 25.9 Å². The predicted molar refractivity (Wildman–Crippen MR) is 109 cm³/mol. The SMILES string of the molecule is CCOC(=O)C(NC(C)=O)C1(SN=O)CCN(Cc2ccccc2)CC1.Cl. The third kappa shape index (κ3) is 6.48. The number of nitroso groups, excluding NO2 is 1. The van der Waals surface area contributed by atoms with E-state index in [1.54, 1.807) is 6.92 Å². The van der Waals surface area contributed by atoms with Crippen LogP contribution >= 0.6 is 24.4 Å². The standard InChI is InChI=1S/C18H25N3O4S.ClH/c1-3-25-17(23)16(19-14(2)22)18(26-20-24)9-11-21(12-10-18)13-15-7-5-4-6-8-15;/h4-8,16H,3,9-13H2,1-2H3,(H,19,22);1H. The number of likely N-dealkylation sites (tertiary alicyclic amines) is 1. The molecule has 1 fully saturated rings. The Morgan fingerprint density at radius 3 is 2.44 bits per heavy atom. The summed E-state index contributed by atoms with van der Waals surface area (Å²) in [4.78, 5) is 37.4. The van der Waals surface area contributed by atoms with Crippen molar-refractivity contribution in [3.8, 4) is 0 Å². The van der Waals surface area contributed by atoms with Crippen molar-refractivity contribution < 1.29 is 14.3 Å². The average molecular weight is 416 g/mol. The van der Waals surface area contributed by atoms with E-state index in [4.69, 9.17) is 4.74 Å². The molecule has 7 nitrogen and oxygen atoms in total. The fraction of sp³-hybridized carbons (Fsp3) is 0.556. The highest BCUT2D eigenvalue weighted by Gasteiger charge is 2.48. The number of rotatable bonds is 8. The summed E-state index contributed by atoms with van der Waals surface area (Å²) in [5, 5.41) is 2.67. The fourth-order valence-corrected chi connectivity index (χ4v) is 4.05. The number of carbonyl (C=O) groups excluding carboxylic acids is 2. The highest BCUT2D eigenvalue weighted by atomic mass is 35.5. The third-order valence-corrected chi connectivity index (χ3v) is 5.65. The molecule has 1 aromatic rings. The maximum absolute atomic E-state index is 12.4. The Morgan fingerprint density at radius 2 is 1.93 bits per heavy atom. The monoisotopic (exact) mass is 415 g/mol. The number of ether oxygens (including phenoxy) is 1. The van der Waals surface area contributed by atoms with Crippen LogP contribution in [0.15, 0.2) is 34.9 Å². The van der Waals surface area contributed by atoms with Gasteiger partial charge < -0.3 is 10.1 Å². The van der Waals surface area contributed by atoms with Crippen LogP contribution in [0, 0.1) is 4.91 Å². The highest BCUT2D eigenvalue weighted by Crippen LogP contribution is 2.40. The van der Waals surface area contributed by atoms with E-state index in [-0.39, 0.29) is 24.9 Å². The topological polar surface area (TPSA) is 88.1 Å². The maximum atomic E-state index is 12.4. The predicted octanol–water partition coefficient (Wildman–Crippen LogP) is 2.93. The quantitative estimate of drug-likeness (QED) is 0.399. The third-order valence-electron chi connectivity index (χ3n) is 4.57. The lowest BCUT2D eigenvalue weighted by molar-refractivity contribution is -0.148. The molecule has 150 valence electrons. The lowest BCUT2D eigenvalue weighted by Crippen LogP contribution is -2.59. The zero-order chi connectivity index (χ0) is 19.0. The number of benzene rings is 1. The first kappa shape index (κ1) is 23.4. The Kier molecular flexibility index (Phi) is 9.76. The van der Waals surface area contributed by atoms with E-state index in [2.05, 4.69) is 26.9 Å². The molecule has 1 heterocycles. The molecule has 1 aliphatic rings. The van der Waals surface area contributed by atoms with Crippen molar-refractivity contribution in [3.05, 3.63) is 40.8 Å². The minimum atomic E-state index is -0.887. The van der Waals surface area contributed by atoms with Crippen LogP contribution in [0.3, 0.4) is 0 Å². The fourth-order valence-electron chi connectivity index (χ4n) is 3.27. The molecule has 0 spiro atoms. The summed E-state index contributed by atoms with van der Waals surface area (Å²) >= 11 is 0.840. The molecule has 1 unspecified atom stereocenters. The van der Waals surface area contributed by atoms with Crippen LogP contribution in [0.25, 0.3) is 0 Å². The van der Waals surface area contributed by atoms with Gasteiger partial charge in [-0.1, -0.05) is 30.3 Å². The molecule has 2 rings (SSSR count). The Morgan fingerprint density at radius 1 is 1.30 bits per heavy atom. The Labute approximate surface area is 170 Å². The van der Waals surface area contributed by atoms with Crippen LogP contribution in [-0.4, -0.2) is 47.3 Å². The number of esters is 1. The number of piperidine rings is 1. The number of hydrogen-bond acceptors (Lipinski definition) is 7. The number of amides is 1. The molecule has 1 aromatic carbocycles. The molecule has 9 heteroatoms. The van der Waals surface area contributed by atoms with Crippen molar-refractivity contribution in [2.45, 2.75) is 44.0 Å². The van der Waals surface area contributed by atoms with Gasteiger partial charge in [-0.2, -0.15) is 0 Å². The van der Waals surface area contributed by atoms with Crippen molar-refractivity contribution in [2.75, 3.05) is 19.7 Å². The van der Waals surface area contributed by atoms with E-state index in [1.165, 1.54) is 12.5 Å². The number of hydrogen-bond donors (Lipinski definition) is 1. The summed E-state index contributed by atoms with van der Waals surface area (Å²) in [7, 11) is 0. The zero-order valence-electron chi connectivity index (χ0n) is 15.6. The summed E-state index contributed by atoms with van der Waals surface area (Å²) < 4.78 is 7.34. The Balaban J connectivity index is 0.00000364. The van der Waals surface area contributed by atoms with Gasteiger partial charge in [0, 0.05) is 30.0 Å². The van der Waals surface area contributed by atoms with E-state index in [1.807, 2.05) is 18.2 Å². The number of nitrogens with one attached hydrogen (secondary N) is 1. The largest absolute Gasteiger partial charge is 0.464 e. The highest BCUT2D eigenvalue weighted by molar-refractivity contribution is 7.99. The van der Waals surface area contributed by atoms with Crippen LogP contribution in [0.1, 0.15) is 32.3 Å². The van der Waals surface area contributed by atoms with E-state index in [0.717, 1.165) is 18.5 Å². The van der Waals surface area contributed by atoms with Gasteiger partial charge in [0.2, 0.25) is 5.91 Å². The molecule has 1 atom stereocenters. The number of carbonyl (C=O) groups is 2. The summed E-state index contributed by atoms with van der Waals surface area (Å²) in [5.41, 5.74) is 1.21. The van der Waals surface area contributed by atoms with Crippen LogP contribution in [0.4, 0.5) is 0 Å². The summed E-state index contributed by atoms with van der Waals surface area (Å²) in [5.74, 6) is -0.851. The van der Waals surface area contributed by atoms with Gasteiger partial charge in [0.05, 0.1) is 11.4 Å². The van der Waals surface area contributed by atoms with Crippen molar-refractivity contribution in [2.24, 2.45) is 4.58 Å². The molecule has 0 aliphatic carbocycles. The van der Waals surface area contributed by atoms with Gasteiger partial charge in [0.25, 0.3) is 0 Å². The van der Waals surface area contributed by atoms with E-state index < -0.39 is 16.8 Å². The molecule has 0 bridgehead atoms. The van der Waals surface area contributed by atoms with Crippen LogP contribution < -0.4 is 5.32 Å². The molecule has 0 saturated carbocycles. The van der Waals surface area contributed by atoms with Gasteiger partial charge in [-0.15, -0.1) is 17.3 Å². The molecule has 1 saturated heterocycles. The molecule has 0 radical (unpaired) electrons. The lowest BCUT2D eigenvalue weighted by Gasteiger charge is -2.43.